The average molecular weight is 583 g/mol. The lowest BCUT2D eigenvalue weighted by molar-refractivity contribution is -0.160. The van der Waals surface area contributed by atoms with Crippen molar-refractivity contribution < 1.29 is 44.0 Å². The second kappa shape index (κ2) is 8.69. The number of aliphatic hydroxyl groups excluding tert-OH is 1. The number of hydrogen-bond donors (Lipinski definition) is 4. The summed E-state index contributed by atoms with van der Waals surface area (Å²) in [5.74, 6) is -6.66. The van der Waals surface area contributed by atoms with Gasteiger partial charge in [0.05, 0.1) is 12.2 Å². The van der Waals surface area contributed by atoms with E-state index in [9.17, 15) is 34.5 Å². The van der Waals surface area contributed by atoms with E-state index in [4.69, 9.17) is 15.2 Å². The van der Waals surface area contributed by atoms with Crippen molar-refractivity contribution in [3.63, 3.8) is 0 Å². The number of rotatable bonds is 5. The number of allylic oxidation sites excluding steroid dienone is 1. The fourth-order valence-electron chi connectivity index (χ4n) is 5.04. The second-order valence-electron chi connectivity index (χ2n) is 8.40. The van der Waals surface area contributed by atoms with Gasteiger partial charge in [0.15, 0.2) is 12.2 Å². The number of aromatic hydroxyl groups is 1. The lowest BCUT2D eigenvalue weighted by Crippen LogP contribution is -2.61. The van der Waals surface area contributed by atoms with E-state index < -0.39 is 58.8 Å². The highest BCUT2D eigenvalue weighted by Gasteiger charge is 2.61. The minimum absolute atomic E-state index is 0.0842. The number of esters is 1. The highest BCUT2D eigenvalue weighted by Crippen LogP contribution is 2.51. The number of phenols is 1. The summed E-state index contributed by atoms with van der Waals surface area (Å²) in [5, 5.41) is 32.6. The summed E-state index contributed by atoms with van der Waals surface area (Å²) in [6.07, 6.45) is 0.205. The monoisotopic (exact) mass is 583 g/mol. The van der Waals surface area contributed by atoms with Crippen LogP contribution in [0.1, 0.15) is 30.9 Å². The van der Waals surface area contributed by atoms with Crippen LogP contribution >= 0.6 is 22.6 Å². The van der Waals surface area contributed by atoms with Crippen LogP contribution in [-0.4, -0.2) is 57.6 Å². The molecule has 0 aliphatic heterocycles. The molecule has 0 radical (unpaired) electrons. The maximum atomic E-state index is 13.5. The first-order valence-electron chi connectivity index (χ1n) is 10.6. The molecule has 0 aromatic heterocycles. The van der Waals surface area contributed by atoms with Gasteiger partial charge in [-0.05, 0) is 66.0 Å². The van der Waals surface area contributed by atoms with E-state index in [1.165, 1.54) is 6.07 Å². The van der Waals surface area contributed by atoms with Gasteiger partial charge in [-0.1, -0.05) is 0 Å². The number of phenolic OH excluding ortho intramolecular Hbond substituents is 1. The van der Waals surface area contributed by atoms with Crippen LogP contribution in [0.15, 0.2) is 29.0 Å². The standard InChI is InChI=1S/C23H22INO9/c1-2-33-15(27)8-34-14-7-10-5-9-6-11-12(24)3-4-13(26)17(11)19(28)16(9)20(29)23(10,32)21(30)18(14)22(25)31/h3-4,9-10,26,28,32H,2,5-8H2,1H3,(H2,25,31)/t9?,10-,23-/m0/s1. The number of amides is 1. The summed E-state index contributed by atoms with van der Waals surface area (Å²) in [7, 11) is 0. The zero-order valence-electron chi connectivity index (χ0n) is 18.1. The number of hydrogen-bond acceptors (Lipinski definition) is 9. The summed E-state index contributed by atoms with van der Waals surface area (Å²) in [4.78, 5) is 50.6. The fourth-order valence-corrected chi connectivity index (χ4v) is 5.71. The van der Waals surface area contributed by atoms with Gasteiger partial charge in [-0.3, -0.25) is 14.4 Å². The van der Waals surface area contributed by atoms with Crippen LogP contribution in [0.2, 0.25) is 0 Å². The van der Waals surface area contributed by atoms with Crippen molar-refractivity contribution in [2.24, 2.45) is 17.6 Å². The fraction of sp³-hybridized carbons (Fsp3) is 0.391. The minimum Gasteiger partial charge on any atom is -0.507 e. The number of benzene rings is 1. The number of fused-ring (bicyclic) bond motifs is 3. The van der Waals surface area contributed by atoms with Gasteiger partial charge in [0.25, 0.3) is 5.91 Å². The molecule has 11 heteroatoms. The van der Waals surface area contributed by atoms with Crippen molar-refractivity contribution in [2.45, 2.75) is 31.8 Å². The van der Waals surface area contributed by atoms with E-state index in [-0.39, 0.29) is 42.1 Å². The van der Waals surface area contributed by atoms with E-state index in [0.717, 1.165) is 3.57 Å². The van der Waals surface area contributed by atoms with Gasteiger partial charge >= 0.3 is 5.97 Å². The van der Waals surface area contributed by atoms with Gasteiger partial charge in [-0.15, -0.1) is 0 Å². The average Bonchev–Trinajstić information content (AvgIpc) is 2.77. The highest BCUT2D eigenvalue weighted by atomic mass is 127. The molecule has 1 unspecified atom stereocenters. The Balaban J connectivity index is 1.78. The van der Waals surface area contributed by atoms with E-state index >= 15 is 0 Å². The Hall–Kier alpha value is -2.93. The van der Waals surface area contributed by atoms with Gasteiger partial charge in [0, 0.05) is 21.5 Å². The smallest absolute Gasteiger partial charge is 0.344 e. The molecule has 180 valence electrons. The summed E-state index contributed by atoms with van der Waals surface area (Å²) in [5.41, 5.74) is 2.59. The maximum Gasteiger partial charge on any atom is 0.344 e. The van der Waals surface area contributed by atoms with Crippen LogP contribution in [0.3, 0.4) is 0 Å². The van der Waals surface area contributed by atoms with Crippen molar-refractivity contribution in [2.75, 3.05) is 13.2 Å². The first-order valence-corrected chi connectivity index (χ1v) is 11.7. The number of nitrogens with two attached hydrogens (primary N) is 1. The molecule has 5 N–H and O–H groups in total. The van der Waals surface area contributed by atoms with Gasteiger partial charge in [0.1, 0.15) is 22.8 Å². The largest absolute Gasteiger partial charge is 0.507 e. The number of ketones is 2. The van der Waals surface area contributed by atoms with E-state index in [1.807, 2.05) is 0 Å². The molecule has 34 heavy (non-hydrogen) atoms. The van der Waals surface area contributed by atoms with Gasteiger partial charge in [0.2, 0.25) is 11.6 Å². The molecule has 3 atom stereocenters. The van der Waals surface area contributed by atoms with Gasteiger partial charge < -0.3 is 30.5 Å². The molecule has 1 saturated carbocycles. The Labute approximate surface area is 207 Å². The quantitative estimate of drug-likeness (QED) is 0.171. The Morgan fingerprint density at radius 1 is 1.21 bits per heavy atom. The Bertz CT molecular complexity index is 1200. The normalized spacial score (nSPS) is 26.0. The van der Waals surface area contributed by atoms with Crippen LogP contribution < -0.4 is 5.73 Å². The number of ether oxygens (including phenoxy) is 2. The highest BCUT2D eigenvalue weighted by molar-refractivity contribution is 14.1. The molecule has 0 heterocycles. The molecule has 4 rings (SSSR count). The van der Waals surface area contributed by atoms with Crippen LogP contribution in [0.4, 0.5) is 0 Å². The lowest BCUT2D eigenvalue weighted by Gasteiger charge is -2.46. The number of halogens is 1. The molecule has 1 amide bonds. The number of primary amides is 1. The van der Waals surface area contributed by atoms with Gasteiger partial charge in [-0.2, -0.15) is 0 Å². The van der Waals surface area contributed by atoms with E-state index in [1.54, 1.807) is 13.0 Å². The van der Waals surface area contributed by atoms with Crippen LogP contribution in [0.25, 0.3) is 5.76 Å². The Kier molecular flexibility index (Phi) is 6.19. The third-order valence-electron chi connectivity index (χ3n) is 6.53. The van der Waals surface area contributed by atoms with Crippen molar-refractivity contribution in [3.8, 4) is 5.75 Å². The summed E-state index contributed by atoms with van der Waals surface area (Å²) in [6.45, 7) is 1.13. The molecule has 1 aromatic rings. The maximum absolute atomic E-state index is 13.5. The minimum atomic E-state index is -2.64. The Morgan fingerprint density at radius 2 is 1.91 bits per heavy atom. The molecule has 1 aromatic carbocycles. The summed E-state index contributed by atoms with van der Waals surface area (Å²) in [6, 6.07) is 3.07. The van der Waals surface area contributed by atoms with E-state index in [0.29, 0.717) is 12.0 Å². The topological polar surface area (TPSA) is 173 Å². The molecule has 1 fully saturated rings. The molecule has 0 spiro atoms. The number of aliphatic hydroxyl groups is 2. The van der Waals surface area contributed by atoms with E-state index in [2.05, 4.69) is 22.6 Å². The van der Waals surface area contributed by atoms with Crippen molar-refractivity contribution in [1.82, 2.24) is 0 Å². The molecular formula is C23H22INO9. The summed E-state index contributed by atoms with van der Waals surface area (Å²) < 4.78 is 11.0. The molecule has 0 bridgehead atoms. The van der Waals surface area contributed by atoms with Crippen molar-refractivity contribution >= 4 is 51.8 Å². The van der Waals surface area contributed by atoms with Crippen LogP contribution in [0.5, 0.6) is 5.75 Å². The first kappa shape index (κ1) is 24.2. The van der Waals surface area contributed by atoms with Crippen LogP contribution in [-0.2, 0) is 35.1 Å². The number of carbonyl (C=O) groups is 4. The van der Waals surface area contributed by atoms with Gasteiger partial charge in [-0.25, -0.2) is 4.79 Å². The predicted molar refractivity (Wildman–Crippen MR) is 124 cm³/mol. The molecular weight excluding hydrogens is 561 g/mol. The third kappa shape index (κ3) is 3.57. The SMILES string of the molecule is CCOC(=O)COC1=C(C(N)=O)C(=O)[C@@]2(O)C(=O)C3=C(O)c4c(O)ccc(I)c4CC3C[C@H]2C1. The number of Topliss-reactive ketones (excluding diaryl/α,β-unsaturated/α-hetero) is 2. The lowest BCUT2D eigenvalue weighted by atomic mass is 9.58. The number of carbonyl (C=O) groups excluding carboxylic acids is 4. The van der Waals surface area contributed by atoms with Crippen LogP contribution in [0, 0.1) is 15.4 Å². The summed E-state index contributed by atoms with van der Waals surface area (Å²) >= 11 is 2.06. The molecule has 0 saturated heterocycles. The molecule has 3 aliphatic carbocycles. The first-order chi connectivity index (χ1) is 16.0. The predicted octanol–water partition coefficient (Wildman–Crippen LogP) is 1.05. The molecule has 10 nitrogen and oxygen atoms in total. The van der Waals surface area contributed by atoms with Crippen molar-refractivity contribution in [1.29, 1.82) is 0 Å². The molecule has 3 aliphatic rings. The zero-order chi connectivity index (χ0) is 24.9. The van der Waals surface area contributed by atoms with Crippen molar-refractivity contribution in [3.05, 3.63) is 43.7 Å². The Morgan fingerprint density at radius 3 is 2.56 bits per heavy atom. The zero-order valence-corrected chi connectivity index (χ0v) is 20.2. The second-order valence-corrected chi connectivity index (χ2v) is 9.56. The third-order valence-corrected chi connectivity index (χ3v) is 7.55.